The predicted octanol–water partition coefficient (Wildman–Crippen LogP) is 0.813. The van der Waals surface area contributed by atoms with Crippen LogP contribution in [0.4, 0.5) is 5.82 Å². The van der Waals surface area contributed by atoms with Crippen molar-refractivity contribution in [1.82, 2.24) is 30.1 Å². The van der Waals surface area contributed by atoms with E-state index >= 15 is 0 Å². The zero-order valence-corrected chi connectivity index (χ0v) is 19.9. The number of hydrogen-bond acceptors (Lipinski definition) is 9. The highest BCUT2D eigenvalue weighted by atomic mass is 32.1. The van der Waals surface area contributed by atoms with Crippen molar-refractivity contribution in [3.05, 3.63) is 33.7 Å². The van der Waals surface area contributed by atoms with Crippen molar-refractivity contribution >= 4 is 29.0 Å². The van der Waals surface area contributed by atoms with Gasteiger partial charge < -0.3 is 20.6 Å². The van der Waals surface area contributed by atoms with E-state index in [-0.39, 0.29) is 30.1 Å². The molecular formula is C22H31N7O3S. The average Bonchev–Trinajstić information content (AvgIpc) is 3.17. The lowest BCUT2D eigenvalue weighted by Crippen LogP contribution is -2.42. The highest BCUT2D eigenvalue weighted by Crippen LogP contribution is 2.24. The molecule has 0 saturated carbocycles. The highest BCUT2D eigenvalue weighted by Gasteiger charge is 2.23. The molecule has 10 nitrogen and oxygen atoms in total. The van der Waals surface area contributed by atoms with Crippen molar-refractivity contribution in [3.63, 3.8) is 0 Å². The maximum absolute atomic E-state index is 12.6. The zero-order valence-electron chi connectivity index (χ0n) is 19.1. The van der Waals surface area contributed by atoms with Crippen LogP contribution >= 0.6 is 11.3 Å². The summed E-state index contributed by atoms with van der Waals surface area (Å²) >= 11 is 1.71. The smallest absolute Gasteiger partial charge is 0.270 e. The largest absolute Gasteiger partial charge is 0.390 e. The summed E-state index contributed by atoms with van der Waals surface area (Å²) in [6, 6.07) is 1.82. The molecule has 2 aromatic heterocycles. The number of aromatic nitrogens is 3. The van der Waals surface area contributed by atoms with Gasteiger partial charge in [-0.05, 0) is 19.8 Å². The standard InChI is InChI=1S/C22H31N7O3S/c1-14-26-18-5-6-28(12-20(18)33-14)11-17(31)10-23-22(32)19-9-21(25-13-24-19)27-16-3-7-29(8-4-16)15(2)30/h9,13,16-17,31H,3-8,10-12H2,1-2H3,(H,23,32)(H,24,25,27). The number of hydrogen-bond donors (Lipinski definition) is 3. The van der Waals surface area contributed by atoms with Gasteiger partial charge in [-0.3, -0.25) is 14.5 Å². The lowest BCUT2D eigenvalue weighted by Gasteiger charge is -2.31. The van der Waals surface area contributed by atoms with Crippen LogP contribution in [0.3, 0.4) is 0 Å². The molecule has 1 atom stereocenters. The van der Waals surface area contributed by atoms with Crippen LogP contribution in [0.1, 0.15) is 45.8 Å². The van der Waals surface area contributed by atoms with Crippen LogP contribution in [0.15, 0.2) is 12.4 Å². The van der Waals surface area contributed by atoms with Crippen molar-refractivity contribution in [1.29, 1.82) is 0 Å². The molecule has 2 aromatic rings. The second-order valence-electron chi connectivity index (χ2n) is 8.66. The molecule has 2 aliphatic heterocycles. The second kappa shape index (κ2) is 10.5. The molecule has 33 heavy (non-hydrogen) atoms. The molecule has 0 bridgehead atoms. The number of piperidine rings is 1. The number of anilines is 1. The van der Waals surface area contributed by atoms with Crippen LogP contribution < -0.4 is 10.6 Å². The second-order valence-corrected chi connectivity index (χ2v) is 9.95. The van der Waals surface area contributed by atoms with E-state index < -0.39 is 6.10 Å². The van der Waals surface area contributed by atoms with Gasteiger partial charge in [0.1, 0.15) is 17.8 Å². The van der Waals surface area contributed by atoms with E-state index in [2.05, 4.69) is 30.5 Å². The van der Waals surface area contributed by atoms with Crippen LogP contribution in [0, 0.1) is 6.92 Å². The van der Waals surface area contributed by atoms with Crippen LogP contribution in [-0.4, -0.2) is 86.5 Å². The topological polar surface area (TPSA) is 124 Å². The molecule has 4 rings (SSSR count). The quantitative estimate of drug-likeness (QED) is 0.540. The van der Waals surface area contributed by atoms with Crippen LogP contribution in [0.5, 0.6) is 0 Å². The summed E-state index contributed by atoms with van der Waals surface area (Å²) in [6.45, 7) is 7.32. The number of nitrogens with zero attached hydrogens (tertiary/aromatic N) is 5. The number of amides is 2. The van der Waals surface area contributed by atoms with E-state index in [0.29, 0.717) is 25.5 Å². The van der Waals surface area contributed by atoms with Crippen LogP contribution in [0.25, 0.3) is 0 Å². The number of β-amino-alcohol motifs (C(OH)–C–C–N with tert-alkyl or cyclic N) is 1. The van der Waals surface area contributed by atoms with Crippen LogP contribution in [-0.2, 0) is 17.8 Å². The summed E-state index contributed by atoms with van der Waals surface area (Å²) in [6.07, 6.45) is 3.24. The molecule has 2 aliphatic rings. The fourth-order valence-corrected chi connectivity index (χ4v) is 5.33. The average molecular weight is 474 g/mol. The molecule has 4 heterocycles. The Kier molecular flexibility index (Phi) is 7.51. The van der Waals surface area contributed by atoms with Gasteiger partial charge in [0.25, 0.3) is 5.91 Å². The Morgan fingerprint density at radius 3 is 2.82 bits per heavy atom. The Hall–Kier alpha value is -2.63. The van der Waals surface area contributed by atoms with Gasteiger partial charge in [-0.1, -0.05) is 0 Å². The van der Waals surface area contributed by atoms with Gasteiger partial charge in [-0.2, -0.15) is 0 Å². The van der Waals surface area contributed by atoms with Gasteiger partial charge in [0.15, 0.2) is 0 Å². The summed E-state index contributed by atoms with van der Waals surface area (Å²) < 4.78 is 0. The number of fused-ring (bicyclic) bond motifs is 1. The molecular weight excluding hydrogens is 442 g/mol. The van der Waals surface area contributed by atoms with Crippen molar-refractivity contribution in [3.8, 4) is 0 Å². The first-order valence-corrected chi connectivity index (χ1v) is 12.2. The number of aryl methyl sites for hydroxylation is 1. The lowest BCUT2D eigenvalue weighted by atomic mass is 10.1. The van der Waals surface area contributed by atoms with Gasteiger partial charge >= 0.3 is 0 Å². The number of thiazole rings is 1. The third kappa shape index (κ3) is 6.24. The Morgan fingerprint density at radius 1 is 1.27 bits per heavy atom. The molecule has 0 radical (unpaired) electrons. The number of likely N-dealkylation sites (tertiary alicyclic amines) is 1. The van der Waals surface area contributed by atoms with E-state index in [1.807, 2.05) is 11.8 Å². The zero-order chi connectivity index (χ0) is 23.4. The molecule has 178 valence electrons. The molecule has 0 aliphatic carbocycles. The summed E-state index contributed by atoms with van der Waals surface area (Å²) in [5.41, 5.74) is 1.43. The third-order valence-electron chi connectivity index (χ3n) is 6.08. The molecule has 0 spiro atoms. The van der Waals surface area contributed by atoms with Crippen molar-refractivity contribution < 1.29 is 14.7 Å². The molecule has 11 heteroatoms. The minimum Gasteiger partial charge on any atom is -0.390 e. The molecule has 3 N–H and O–H groups in total. The normalized spacial score (nSPS) is 18.0. The van der Waals surface area contributed by atoms with Crippen molar-refractivity contribution in [2.75, 3.05) is 38.0 Å². The van der Waals surface area contributed by atoms with Gasteiger partial charge in [0.2, 0.25) is 5.91 Å². The first-order chi connectivity index (χ1) is 15.9. The van der Waals surface area contributed by atoms with E-state index in [0.717, 1.165) is 37.4 Å². The number of rotatable bonds is 7. The molecule has 1 fully saturated rings. The molecule has 2 amide bonds. The number of carbonyl (C=O) groups excluding carboxylic acids is 2. The van der Waals surface area contributed by atoms with E-state index in [1.54, 1.807) is 24.3 Å². The van der Waals surface area contributed by atoms with Gasteiger partial charge in [0, 0.05) is 69.6 Å². The van der Waals surface area contributed by atoms with Crippen molar-refractivity contribution in [2.45, 2.75) is 51.8 Å². The third-order valence-corrected chi connectivity index (χ3v) is 7.07. The number of carbonyl (C=O) groups is 2. The highest BCUT2D eigenvalue weighted by molar-refractivity contribution is 7.11. The predicted molar refractivity (Wildman–Crippen MR) is 125 cm³/mol. The Bertz CT molecular complexity index is 990. The lowest BCUT2D eigenvalue weighted by molar-refractivity contribution is -0.129. The molecule has 1 saturated heterocycles. The summed E-state index contributed by atoms with van der Waals surface area (Å²) in [7, 11) is 0. The van der Waals surface area contributed by atoms with Crippen LogP contribution in [0.2, 0.25) is 0 Å². The van der Waals surface area contributed by atoms with Gasteiger partial charge in [-0.15, -0.1) is 11.3 Å². The summed E-state index contributed by atoms with van der Waals surface area (Å²) in [5, 5.41) is 17.6. The molecule has 0 aromatic carbocycles. The minimum atomic E-state index is -0.671. The Balaban J connectivity index is 1.23. The maximum Gasteiger partial charge on any atom is 0.270 e. The number of nitrogens with one attached hydrogen (secondary N) is 2. The molecule has 1 unspecified atom stereocenters. The van der Waals surface area contributed by atoms with Gasteiger partial charge in [-0.25, -0.2) is 15.0 Å². The fourth-order valence-electron chi connectivity index (χ4n) is 4.31. The fraction of sp³-hybridized carbons (Fsp3) is 0.591. The van der Waals surface area contributed by atoms with E-state index in [9.17, 15) is 14.7 Å². The van der Waals surface area contributed by atoms with Gasteiger partial charge in [0.05, 0.1) is 16.8 Å². The first-order valence-electron chi connectivity index (χ1n) is 11.3. The minimum absolute atomic E-state index is 0.0975. The maximum atomic E-state index is 12.6. The van der Waals surface area contributed by atoms with Crippen molar-refractivity contribution in [2.24, 2.45) is 0 Å². The van der Waals surface area contributed by atoms with E-state index in [1.165, 1.54) is 16.9 Å². The monoisotopic (exact) mass is 473 g/mol. The Morgan fingerprint density at radius 2 is 2.06 bits per heavy atom. The SMILES string of the molecule is CC(=O)N1CCC(Nc2cc(C(=O)NCC(O)CN3CCc4nc(C)sc4C3)ncn2)CC1. The number of aliphatic hydroxyl groups is 1. The van der Waals surface area contributed by atoms with E-state index in [4.69, 9.17) is 0 Å². The first kappa shape index (κ1) is 23.5. The summed E-state index contributed by atoms with van der Waals surface area (Å²) in [5.74, 6) is 0.339. The summed E-state index contributed by atoms with van der Waals surface area (Å²) in [4.78, 5) is 42.2. The number of aliphatic hydroxyl groups excluding tert-OH is 1. The Labute approximate surface area is 197 Å².